The van der Waals surface area contributed by atoms with Crippen molar-refractivity contribution >= 4 is 10.9 Å². The first-order chi connectivity index (χ1) is 7.22. The first-order valence-electron chi connectivity index (χ1n) is 4.89. The van der Waals surface area contributed by atoms with Crippen LogP contribution in [0.3, 0.4) is 0 Å². The van der Waals surface area contributed by atoms with Crippen LogP contribution >= 0.6 is 0 Å². The molecular weight excluding hydrogens is 195 g/mol. The lowest BCUT2D eigenvalue weighted by molar-refractivity contribution is 0.635. The van der Waals surface area contributed by atoms with E-state index >= 15 is 0 Å². The molecule has 0 aliphatic heterocycles. The highest BCUT2D eigenvalue weighted by atomic mass is 19.1. The first-order valence-corrected chi connectivity index (χ1v) is 4.89. The number of nitrogens with one attached hydrogen (secondary N) is 1. The molecule has 0 atom stereocenters. The van der Waals surface area contributed by atoms with E-state index in [0.29, 0.717) is 17.6 Å². The van der Waals surface area contributed by atoms with Crippen molar-refractivity contribution in [1.29, 1.82) is 0 Å². The van der Waals surface area contributed by atoms with Gasteiger partial charge in [-0.25, -0.2) is 9.37 Å². The van der Waals surface area contributed by atoms with Crippen molar-refractivity contribution in [3.63, 3.8) is 0 Å². The predicted octanol–water partition coefficient (Wildman–Crippen LogP) is 2.01. The van der Waals surface area contributed by atoms with Crippen molar-refractivity contribution in [2.75, 3.05) is 0 Å². The van der Waals surface area contributed by atoms with Gasteiger partial charge < -0.3 is 4.98 Å². The number of para-hydroxylation sites is 1. The molecule has 1 aromatic carbocycles. The Labute approximate surface area is 86.0 Å². The van der Waals surface area contributed by atoms with E-state index in [4.69, 9.17) is 0 Å². The number of nitrogens with zero attached hydrogens (tertiary/aromatic N) is 1. The second-order valence-corrected chi connectivity index (χ2v) is 3.40. The number of benzene rings is 1. The van der Waals surface area contributed by atoms with Crippen LogP contribution in [0.2, 0.25) is 0 Å². The van der Waals surface area contributed by atoms with Gasteiger partial charge in [-0.15, -0.1) is 0 Å². The van der Waals surface area contributed by atoms with Crippen molar-refractivity contribution in [1.82, 2.24) is 9.97 Å². The second-order valence-electron chi connectivity index (χ2n) is 3.40. The summed E-state index contributed by atoms with van der Waals surface area (Å²) >= 11 is 0. The Kier molecular flexibility index (Phi) is 2.49. The van der Waals surface area contributed by atoms with Crippen LogP contribution in [0.1, 0.15) is 19.2 Å². The molecule has 1 heterocycles. The quantitative estimate of drug-likeness (QED) is 0.817. The standard InChI is InChI=1S/C11H11FN2O/c1-2-4-9-13-10-7(11(15)14-9)5-3-6-8(10)12/h3,5-6H,2,4H2,1H3,(H,13,14,15). The third-order valence-electron chi connectivity index (χ3n) is 2.22. The number of hydrogen-bond donors (Lipinski definition) is 1. The highest BCUT2D eigenvalue weighted by molar-refractivity contribution is 5.77. The van der Waals surface area contributed by atoms with Gasteiger partial charge in [0.1, 0.15) is 17.2 Å². The van der Waals surface area contributed by atoms with Gasteiger partial charge in [-0.2, -0.15) is 0 Å². The van der Waals surface area contributed by atoms with E-state index in [-0.39, 0.29) is 11.1 Å². The smallest absolute Gasteiger partial charge is 0.258 e. The van der Waals surface area contributed by atoms with Crippen LogP contribution in [-0.2, 0) is 6.42 Å². The average molecular weight is 206 g/mol. The molecule has 2 rings (SSSR count). The molecule has 0 radical (unpaired) electrons. The number of rotatable bonds is 2. The fourth-order valence-electron chi connectivity index (χ4n) is 1.53. The van der Waals surface area contributed by atoms with E-state index in [1.54, 1.807) is 6.07 Å². The molecular formula is C11H11FN2O. The minimum Gasteiger partial charge on any atom is -0.310 e. The molecule has 3 nitrogen and oxygen atoms in total. The number of aryl methyl sites for hydroxylation is 1. The summed E-state index contributed by atoms with van der Waals surface area (Å²) in [5.74, 6) is 0.0936. The van der Waals surface area contributed by atoms with Gasteiger partial charge in [-0.3, -0.25) is 4.79 Å². The molecule has 0 saturated carbocycles. The van der Waals surface area contributed by atoms with E-state index < -0.39 is 5.82 Å². The summed E-state index contributed by atoms with van der Waals surface area (Å²) < 4.78 is 13.4. The van der Waals surface area contributed by atoms with Gasteiger partial charge in [0.05, 0.1) is 5.39 Å². The molecule has 1 aromatic heterocycles. The molecule has 15 heavy (non-hydrogen) atoms. The van der Waals surface area contributed by atoms with Gasteiger partial charge >= 0.3 is 0 Å². The van der Waals surface area contributed by atoms with E-state index in [2.05, 4.69) is 9.97 Å². The molecule has 0 bridgehead atoms. The Morgan fingerprint density at radius 3 is 3.00 bits per heavy atom. The molecule has 0 aliphatic rings. The largest absolute Gasteiger partial charge is 0.310 e. The van der Waals surface area contributed by atoms with Crippen LogP contribution in [0.15, 0.2) is 23.0 Å². The summed E-state index contributed by atoms with van der Waals surface area (Å²) in [7, 11) is 0. The summed E-state index contributed by atoms with van der Waals surface area (Å²) in [6.07, 6.45) is 1.52. The van der Waals surface area contributed by atoms with Gasteiger partial charge in [0.25, 0.3) is 5.56 Å². The van der Waals surface area contributed by atoms with Crippen molar-refractivity contribution in [2.24, 2.45) is 0 Å². The number of fused-ring (bicyclic) bond motifs is 1. The number of hydrogen-bond acceptors (Lipinski definition) is 2. The van der Waals surface area contributed by atoms with E-state index in [1.807, 2.05) is 6.92 Å². The normalized spacial score (nSPS) is 10.8. The minimum atomic E-state index is -0.448. The summed E-state index contributed by atoms with van der Waals surface area (Å²) in [6, 6.07) is 4.39. The van der Waals surface area contributed by atoms with Crippen molar-refractivity contribution in [2.45, 2.75) is 19.8 Å². The lowest BCUT2D eigenvalue weighted by Crippen LogP contribution is -2.12. The molecule has 0 spiro atoms. The predicted molar refractivity (Wildman–Crippen MR) is 56.3 cm³/mol. The van der Waals surface area contributed by atoms with Crippen LogP contribution in [0.5, 0.6) is 0 Å². The van der Waals surface area contributed by atoms with E-state index in [1.165, 1.54) is 12.1 Å². The number of aromatic amines is 1. The highest BCUT2D eigenvalue weighted by Crippen LogP contribution is 2.11. The second kappa shape index (κ2) is 3.81. The van der Waals surface area contributed by atoms with Crippen molar-refractivity contribution in [3.8, 4) is 0 Å². The van der Waals surface area contributed by atoms with Gasteiger partial charge in [-0.05, 0) is 18.6 Å². The monoisotopic (exact) mass is 206 g/mol. The van der Waals surface area contributed by atoms with Gasteiger partial charge in [0, 0.05) is 6.42 Å². The van der Waals surface area contributed by atoms with Crippen molar-refractivity contribution < 1.29 is 4.39 Å². The van der Waals surface area contributed by atoms with E-state index in [0.717, 1.165) is 6.42 Å². The van der Waals surface area contributed by atoms with E-state index in [9.17, 15) is 9.18 Å². The Bertz CT molecular complexity index is 548. The SMILES string of the molecule is CCCc1nc2c(F)cccc2c(=O)[nH]1. The zero-order valence-electron chi connectivity index (χ0n) is 8.38. The molecule has 0 unspecified atom stereocenters. The fourth-order valence-corrected chi connectivity index (χ4v) is 1.53. The molecule has 0 saturated heterocycles. The van der Waals surface area contributed by atoms with Crippen LogP contribution in [-0.4, -0.2) is 9.97 Å². The number of H-pyrrole nitrogens is 1. The Morgan fingerprint density at radius 2 is 2.27 bits per heavy atom. The van der Waals surface area contributed by atoms with Crippen LogP contribution in [0.25, 0.3) is 10.9 Å². The lowest BCUT2D eigenvalue weighted by Gasteiger charge is -2.01. The van der Waals surface area contributed by atoms with Crippen LogP contribution in [0, 0.1) is 5.82 Å². The third kappa shape index (κ3) is 1.75. The topological polar surface area (TPSA) is 45.8 Å². The van der Waals surface area contributed by atoms with Crippen LogP contribution < -0.4 is 5.56 Å². The maximum Gasteiger partial charge on any atom is 0.258 e. The molecule has 1 N–H and O–H groups in total. The summed E-state index contributed by atoms with van der Waals surface area (Å²) in [4.78, 5) is 18.3. The van der Waals surface area contributed by atoms with Crippen LogP contribution in [0.4, 0.5) is 4.39 Å². The van der Waals surface area contributed by atoms with Gasteiger partial charge in [0.2, 0.25) is 0 Å². The Morgan fingerprint density at radius 1 is 1.47 bits per heavy atom. The third-order valence-corrected chi connectivity index (χ3v) is 2.22. The Hall–Kier alpha value is -1.71. The average Bonchev–Trinajstić information content (AvgIpc) is 2.20. The number of aromatic nitrogens is 2. The molecule has 0 amide bonds. The summed E-state index contributed by atoms with van der Waals surface area (Å²) in [5, 5.41) is 0.301. The molecule has 4 heteroatoms. The summed E-state index contributed by atoms with van der Waals surface area (Å²) in [5.41, 5.74) is -0.118. The molecule has 2 aromatic rings. The van der Waals surface area contributed by atoms with Gasteiger partial charge in [0.15, 0.2) is 0 Å². The zero-order valence-corrected chi connectivity index (χ0v) is 8.38. The summed E-state index contributed by atoms with van der Waals surface area (Å²) in [6.45, 7) is 1.98. The molecule has 0 fully saturated rings. The fraction of sp³-hybridized carbons (Fsp3) is 0.273. The maximum absolute atomic E-state index is 13.4. The lowest BCUT2D eigenvalue weighted by atomic mass is 10.2. The molecule has 0 aliphatic carbocycles. The molecule has 78 valence electrons. The zero-order chi connectivity index (χ0) is 10.8. The maximum atomic E-state index is 13.4. The highest BCUT2D eigenvalue weighted by Gasteiger charge is 2.06. The minimum absolute atomic E-state index is 0.157. The number of halogens is 1. The van der Waals surface area contributed by atoms with Crippen molar-refractivity contribution in [3.05, 3.63) is 40.2 Å². The van der Waals surface area contributed by atoms with Gasteiger partial charge in [-0.1, -0.05) is 13.0 Å². The Balaban J connectivity index is 2.74. The first kappa shape index (κ1) is 9.83.